The van der Waals surface area contributed by atoms with E-state index in [-0.39, 0.29) is 0 Å². The first-order chi connectivity index (χ1) is 9.88. The van der Waals surface area contributed by atoms with Gasteiger partial charge >= 0.3 is 0 Å². The van der Waals surface area contributed by atoms with Crippen molar-refractivity contribution in [3.05, 3.63) is 51.8 Å². The van der Waals surface area contributed by atoms with Gasteiger partial charge in [-0.1, -0.05) is 6.07 Å². The van der Waals surface area contributed by atoms with Crippen LogP contribution < -0.4 is 5.32 Å². The van der Waals surface area contributed by atoms with E-state index < -0.39 is 0 Å². The molecule has 0 radical (unpaired) electrons. The lowest BCUT2D eigenvalue weighted by Gasteiger charge is -2.16. The molecule has 3 heterocycles. The van der Waals surface area contributed by atoms with Crippen LogP contribution in [-0.2, 0) is 0 Å². The second-order valence-corrected chi connectivity index (χ2v) is 5.46. The molecule has 0 spiro atoms. The molecule has 96 valence electrons. The van der Waals surface area contributed by atoms with Gasteiger partial charge in [0.1, 0.15) is 6.67 Å². The summed E-state index contributed by atoms with van der Waals surface area (Å²) in [4.78, 5) is 8.92. The van der Waals surface area contributed by atoms with Crippen LogP contribution >= 0.6 is 11.3 Å². The molecule has 4 nitrogen and oxygen atoms in total. The van der Waals surface area contributed by atoms with E-state index in [2.05, 4.69) is 27.4 Å². The maximum absolute atomic E-state index is 9.41. The number of benzene rings is 1. The average Bonchev–Trinajstić information content (AvgIpc) is 3.14. The van der Waals surface area contributed by atoms with Gasteiger partial charge in [0, 0.05) is 17.1 Å². The molecule has 0 amide bonds. The SMILES string of the molecule is N#Cc1ccc2cc[nH]c2c1C1=NCNc2ccsc21. The standard InChI is InChI=1S/C15H10N4S/c16-7-10-2-1-9-3-5-17-13(9)12(10)14-15-11(4-6-20-15)18-8-19-14/h1-6,17-18H,8H2. The molecule has 0 unspecified atom stereocenters. The lowest BCUT2D eigenvalue weighted by molar-refractivity contribution is 1.12. The molecule has 3 aromatic rings. The van der Waals surface area contributed by atoms with Gasteiger partial charge in [-0.15, -0.1) is 11.3 Å². The molecule has 1 aliphatic heterocycles. The Morgan fingerprint density at radius 3 is 3.10 bits per heavy atom. The molecule has 1 aromatic carbocycles. The lowest BCUT2D eigenvalue weighted by atomic mass is 9.98. The van der Waals surface area contributed by atoms with Crippen molar-refractivity contribution in [3.8, 4) is 6.07 Å². The summed E-state index contributed by atoms with van der Waals surface area (Å²) >= 11 is 1.64. The van der Waals surface area contributed by atoms with Crippen molar-refractivity contribution in [3.63, 3.8) is 0 Å². The molecule has 0 aliphatic carbocycles. The third kappa shape index (κ3) is 1.49. The second-order valence-electron chi connectivity index (χ2n) is 4.55. The topological polar surface area (TPSA) is 64.0 Å². The fourth-order valence-corrected chi connectivity index (χ4v) is 3.45. The molecule has 4 rings (SSSR count). The maximum Gasteiger partial charge on any atom is 0.108 e. The molecule has 1 aliphatic rings. The predicted molar refractivity (Wildman–Crippen MR) is 81.5 cm³/mol. The van der Waals surface area contributed by atoms with Crippen molar-refractivity contribution < 1.29 is 0 Å². The Kier molecular flexibility index (Phi) is 2.38. The number of aromatic nitrogens is 1. The number of fused-ring (bicyclic) bond motifs is 2. The van der Waals surface area contributed by atoms with Crippen molar-refractivity contribution in [1.82, 2.24) is 4.98 Å². The van der Waals surface area contributed by atoms with Crippen LogP contribution in [0.2, 0.25) is 0 Å². The average molecular weight is 278 g/mol. The number of H-pyrrole nitrogens is 1. The Hall–Kier alpha value is -2.58. The number of rotatable bonds is 1. The highest BCUT2D eigenvalue weighted by molar-refractivity contribution is 7.13. The Balaban J connectivity index is 2.06. The largest absolute Gasteiger partial charge is 0.365 e. The molecule has 20 heavy (non-hydrogen) atoms. The summed E-state index contributed by atoms with van der Waals surface area (Å²) in [6, 6.07) is 10.2. The van der Waals surface area contributed by atoms with E-state index >= 15 is 0 Å². The fourth-order valence-electron chi connectivity index (χ4n) is 2.57. The summed E-state index contributed by atoms with van der Waals surface area (Å²) in [6.45, 7) is 0.543. The van der Waals surface area contributed by atoms with Gasteiger partial charge < -0.3 is 10.3 Å². The minimum Gasteiger partial charge on any atom is -0.365 e. The van der Waals surface area contributed by atoms with Crippen LogP contribution in [0.3, 0.4) is 0 Å². The van der Waals surface area contributed by atoms with Gasteiger partial charge in [-0.25, -0.2) is 0 Å². The molecule has 2 N–H and O–H groups in total. The highest BCUT2D eigenvalue weighted by Gasteiger charge is 2.22. The highest BCUT2D eigenvalue weighted by atomic mass is 32.1. The van der Waals surface area contributed by atoms with E-state index in [9.17, 15) is 5.26 Å². The van der Waals surface area contributed by atoms with Gasteiger partial charge in [0.2, 0.25) is 0 Å². The van der Waals surface area contributed by atoms with Gasteiger partial charge in [-0.2, -0.15) is 5.26 Å². The quantitative estimate of drug-likeness (QED) is 0.717. The molecule has 5 heteroatoms. The van der Waals surface area contributed by atoms with Crippen molar-refractivity contribution in [1.29, 1.82) is 5.26 Å². The summed E-state index contributed by atoms with van der Waals surface area (Å²) in [5, 5.41) is 15.8. The zero-order valence-corrected chi connectivity index (χ0v) is 11.3. The van der Waals surface area contributed by atoms with E-state index in [1.165, 1.54) is 0 Å². The van der Waals surface area contributed by atoms with E-state index in [0.717, 1.165) is 32.7 Å². The number of anilines is 1. The molecule has 0 saturated carbocycles. The van der Waals surface area contributed by atoms with Crippen molar-refractivity contribution >= 4 is 33.6 Å². The van der Waals surface area contributed by atoms with E-state index in [1.807, 2.05) is 29.8 Å². The Morgan fingerprint density at radius 1 is 1.25 bits per heavy atom. The monoisotopic (exact) mass is 278 g/mol. The zero-order chi connectivity index (χ0) is 13.5. The van der Waals surface area contributed by atoms with Crippen molar-refractivity contribution in [2.45, 2.75) is 0 Å². The van der Waals surface area contributed by atoms with Crippen LogP contribution in [-0.4, -0.2) is 17.4 Å². The highest BCUT2D eigenvalue weighted by Crippen LogP contribution is 2.32. The molecule has 0 fully saturated rings. The molecule has 0 bridgehead atoms. The normalized spacial score (nSPS) is 13.4. The minimum absolute atomic E-state index is 0.543. The van der Waals surface area contributed by atoms with Gasteiger partial charge in [0.05, 0.1) is 33.4 Å². The van der Waals surface area contributed by atoms with Crippen LogP contribution in [0.1, 0.15) is 16.0 Å². The molecule has 2 aromatic heterocycles. The Labute approximate surface area is 119 Å². The van der Waals surface area contributed by atoms with E-state index in [0.29, 0.717) is 12.2 Å². The number of aromatic amines is 1. The predicted octanol–water partition coefficient (Wildman–Crippen LogP) is 3.32. The molecule has 0 atom stereocenters. The maximum atomic E-state index is 9.41. The smallest absolute Gasteiger partial charge is 0.108 e. The number of thiophene rings is 1. The number of nitriles is 1. The summed E-state index contributed by atoms with van der Waals surface area (Å²) < 4.78 is 0. The third-order valence-electron chi connectivity index (χ3n) is 3.47. The first-order valence-corrected chi connectivity index (χ1v) is 7.13. The van der Waals surface area contributed by atoms with Crippen LogP contribution in [0.4, 0.5) is 5.69 Å². The lowest BCUT2D eigenvalue weighted by Crippen LogP contribution is -2.15. The molecule has 0 saturated heterocycles. The second kappa shape index (κ2) is 4.22. The van der Waals surface area contributed by atoms with Crippen molar-refractivity contribution in [2.24, 2.45) is 4.99 Å². The number of nitrogens with zero attached hydrogens (tertiary/aromatic N) is 2. The summed E-state index contributed by atoms with van der Waals surface area (Å²) in [5.41, 5.74) is 4.52. The van der Waals surface area contributed by atoms with Crippen LogP contribution in [0.5, 0.6) is 0 Å². The summed E-state index contributed by atoms with van der Waals surface area (Å²) in [6.07, 6.45) is 1.90. The zero-order valence-electron chi connectivity index (χ0n) is 10.5. The summed E-state index contributed by atoms with van der Waals surface area (Å²) in [7, 11) is 0. The van der Waals surface area contributed by atoms with E-state index in [1.54, 1.807) is 11.3 Å². The van der Waals surface area contributed by atoms with Gasteiger partial charge in [0.15, 0.2) is 0 Å². The fraction of sp³-hybridized carbons (Fsp3) is 0.0667. The Bertz CT molecular complexity index is 879. The van der Waals surface area contributed by atoms with Crippen LogP contribution in [0.25, 0.3) is 10.9 Å². The van der Waals surface area contributed by atoms with E-state index in [4.69, 9.17) is 0 Å². The molecular formula is C15H10N4S. The van der Waals surface area contributed by atoms with Crippen LogP contribution in [0.15, 0.2) is 40.8 Å². The first-order valence-electron chi connectivity index (χ1n) is 6.25. The summed E-state index contributed by atoms with van der Waals surface area (Å²) in [5.74, 6) is 0. The van der Waals surface area contributed by atoms with Crippen molar-refractivity contribution in [2.75, 3.05) is 12.0 Å². The van der Waals surface area contributed by atoms with Crippen LogP contribution in [0, 0.1) is 11.3 Å². The Morgan fingerprint density at radius 2 is 2.20 bits per heavy atom. The minimum atomic E-state index is 0.543. The third-order valence-corrected chi connectivity index (χ3v) is 4.39. The number of hydrogen-bond acceptors (Lipinski definition) is 4. The van der Waals surface area contributed by atoms with Gasteiger partial charge in [0.25, 0.3) is 0 Å². The number of aliphatic imine (C=N–C) groups is 1. The first kappa shape index (κ1) is 11.3. The molecular weight excluding hydrogens is 268 g/mol. The number of hydrogen-bond donors (Lipinski definition) is 2. The number of nitrogens with one attached hydrogen (secondary N) is 2. The van der Waals surface area contributed by atoms with Gasteiger partial charge in [-0.05, 0) is 23.6 Å². The van der Waals surface area contributed by atoms with Gasteiger partial charge in [-0.3, -0.25) is 4.99 Å².